The number of carbonyl (C=O) groups is 1. The quantitative estimate of drug-likeness (QED) is 0.869. The van der Waals surface area contributed by atoms with Crippen molar-refractivity contribution in [2.24, 2.45) is 11.7 Å². The van der Waals surface area contributed by atoms with Crippen molar-refractivity contribution in [1.82, 2.24) is 4.98 Å². The van der Waals surface area contributed by atoms with Crippen LogP contribution in [0.5, 0.6) is 0 Å². The Balaban J connectivity index is 0.00000242. The number of amides is 1. The Kier molecular flexibility index (Phi) is 7.00. The molecule has 0 aliphatic carbocycles. The molecule has 0 bridgehead atoms. The Labute approximate surface area is 141 Å². The van der Waals surface area contributed by atoms with Crippen molar-refractivity contribution < 1.29 is 4.79 Å². The molecule has 0 unspecified atom stereocenters. The fraction of sp³-hybridized carbons (Fsp3) is 0.375. The van der Waals surface area contributed by atoms with Gasteiger partial charge < -0.3 is 11.1 Å². The van der Waals surface area contributed by atoms with E-state index in [1.165, 1.54) is 0 Å². The first-order chi connectivity index (χ1) is 9.95. The molecule has 1 aromatic heterocycles. The van der Waals surface area contributed by atoms with E-state index >= 15 is 0 Å². The number of aromatic nitrogens is 1. The first-order valence-electron chi connectivity index (χ1n) is 7.04. The Bertz CT molecular complexity index is 627. The van der Waals surface area contributed by atoms with Gasteiger partial charge in [-0.15, -0.1) is 23.7 Å². The molecule has 22 heavy (non-hydrogen) atoms. The number of hydrogen-bond donors (Lipinski definition) is 2. The molecule has 0 aliphatic heterocycles. The van der Waals surface area contributed by atoms with Crippen LogP contribution in [-0.4, -0.2) is 16.9 Å². The van der Waals surface area contributed by atoms with Crippen LogP contribution >= 0.6 is 23.7 Å². The summed E-state index contributed by atoms with van der Waals surface area (Å²) in [6, 6.07) is 7.21. The van der Waals surface area contributed by atoms with E-state index in [0.717, 1.165) is 22.0 Å². The van der Waals surface area contributed by atoms with Crippen molar-refractivity contribution in [2.45, 2.75) is 33.2 Å². The Hall–Kier alpha value is -1.43. The molecule has 0 spiro atoms. The molecule has 6 heteroatoms. The number of thiazole rings is 1. The maximum atomic E-state index is 12.1. The highest BCUT2D eigenvalue weighted by atomic mass is 35.5. The lowest BCUT2D eigenvalue weighted by molar-refractivity contribution is -0.117. The summed E-state index contributed by atoms with van der Waals surface area (Å²) in [7, 11) is 0. The minimum Gasteiger partial charge on any atom is -0.325 e. The summed E-state index contributed by atoms with van der Waals surface area (Å²) < 4.78 is 0. The van der Waals surface area contributed by atoms with Crippen LogP contribution in [0.2, 0.25) is 0 Å². The van der Waals surface area contributed by atoms with Gasteiger partial charge in [-0.1, -0.05) is 26.0 Å². The van der Waals surface area contributed by atoms with Crippen LogP contribution in [0.15, 0.2) is 29.6 Å². The first-order valence-corrected chi connectivity index (χ1v) is 7.92. The molecule has 1 heterocycles. The first kappa shape index (κ1) is 18.6. The second-order valence-electron chi connectivity index (χ2n) is 5.56. The van der Waals surface area contributed by atoms with Crippen LogP contribution in [0.3, 0.4) is 0 Å². The monoisotopic (exact) mass is 339 g/mol. The van der Waals surface area contributed by atoms with Crippen molar-refractivity contribution in [2.75, 3.05) is 5.32 Å². The average molecular weight is 340 g/mol. The van der Waals surface area contributed by atoms with Gasteiger partial charge in [-0.2, -0.15) is 0 Å². The molecule has 0 radical (unpaired) electrons. The molecule has 4 nitrogen and oxygen atoms in total. The largest absolute Gasteiger partial charge is 0.325 e. The zero-order valence-electron chi connectivity index (χ0n) is 13.0. The van der Waals surface area contributed by atoms with E-state index in [4.69, 9.17) is 5.73 Å². The van der Waals surface area contributed by atoms with E-state index in [2.05, 4.69) is 24.1 Å². The number of nitrogens with zero attached hydrogens (tertiary/aromatic N) is 1. The van der Waals surface area contributed by atoms with E-state index in [1.807, 2.05) is 36.6 Å². The SMILES string of the molecule is Cc1nc(-c2cccc(NC(=O)[C@@H](N)CC(C)C)c2)cs1.Cl. The summed E-state index contributed by atoms with van der Waals surface area (Å²) in [6.07, 6.45) is 0.677. The molecule has 120 valence electrons. The van der Waals surface area contributed by atoms with Crippen molar-refractivity contribution in [3.05, 3.63) is 34.7 Å². The highest BCUT2D eigenvalue weighted by molar-refractivity contribution is 7.09. The third-order valence-electron chi connectivity index (χ3n) is 3.11. The van der Waals surface area contributed by atoms with Crippen LogP contribution in [-0.2, 0) is 4.79 Å². The van der Waals surface area contributed by atoms with Crippen LogP contribution in [0.4, 0.5) is 5.69 Å². The predicted molar refractivity (Wildman–Crippen MR) is 95.6 cm³/mol. The lowest BCUT2D eigenvalue weighted by Crippen LogP contribution is -2.36. The topological polar surface area (TPSA) is 68.0 Å². The number of rotatable bonds is 5. The van der Waals surface area contributed by atoms with Gasteiger partial charge in [0.2, 0.25) is 5.91 Å². The number of aryl methyl sites for hydroxylation is 1. The Morgan fingerprint density at radius 3 is 2.73 bits per heavy atom. The van der Waals surface area contributed by atoms with Crippen LogP contribution in [0.1, 0.15) is 25.3 Å². The summed E-state index contributed by atoms with van der Waals surface area (Å²) in [5.41, 5.74) is 8.57. The zero-order chi connectivity index (χ0) is 15.4. The minimum atomic E-state index is -0.477. The lowest BCUT2D eigenvalue weighted by atomic mass is 10.0. The van der Waals surface area contributed by atoms with E-state index in [0.29, 0.717) is 12.3 Å². The molecule has 1 aromatic carbocycles. The predicted octanol–water partition coefficient (Wildman–Crippen LogP) is 3.85. The van der Waals surface area contributed by atoms with Gasteiger partial charge in [0.1, 0.15) is 0 Å². The second-order valence-corrected chi connectivity index (χ2v) is 6.62. The van der Waals surface area contributed by atoms with Gasteiger partial charge in [-0.25, -0.2) is 4.98 Å². The highest BCUT2D eigenvalue weighted by Crippen LogP contribution is 2.24. The summed E-state index contributed by atoms with van der Waals surface area (Å²) in [6.45, 7) is 6.08. The highest BCUT2D eigenvalue weighted by Gasteiger charge is 2.15. The molecule has 0 saturated carbocycles. The lowest BCUT2D eigenvalue weighted by Gasteiger charge is -2.14. The minimum absolute atomic E-state index is 0. The van der Waals surface area contributed by atoms with E-state index in [-0.39, 0.29) is 18.3 Å². The third kappa shape index (κ3) is 5.09. The summed E-state index contributed by atoms with van der Waals surface area (Å²) in [4.78, 5) is 16.5. The molecule has 0 saturated heterocycles. The van der Waals surface area contributed by atoms with Crippen molar-refractivity contribution in [3.63, 3.8) is 0 Å². The Morgan fingerprint density at radius 2 is 2.14 bits per heavy atom. The molecule has 3 N–H and O–H groups in total. The van der Waals surface area contributed by atoms with Gasteiger partial charge >= 0.3 is 0 Å². The number of nitrogens with one attached hydrogen (secondary N) is 1. The van der Waals surface area contributed by atoms with Gasteiger partial charge in [0, 0.05) is 16.6 Å². The van der Waals surface area contributed by atoms with Crippen LogP contribution in [0, 0.1) is 12.8 Å². The molecule has 2 aromatic rings. The summed E-state index contributed by atoms with van der Waals surface area (Å²) in [5, 5.41) is 5.92. The van der Waals surface area contributed by atoms with Crippen molar-refractivity contribution >= 4 is 35.3 Å². The van der Waals surface area contributed by atoms with Crippen molar-refractivity contribution in [3.8, 4) is 11.3 Å². The van der Waals surface area contributed by atoms with E-state index in [9.17, 15) is 4.79 Å². The summed E-state index contributed by atoms with van der Waals surface area (Å²) in [5.74, 6) is 0.255. The van der Waals surface area contributed by atoms with Gasteiger partial charge in [0.05, 0.1) is 16.7 Å². The third-order valence-corrected chi connectivity index (χ3v) is 3.88. The molecule has 0 aliphatic rings. The van der Waals surface area contributed by atoms with Crippen LogP contribution in [0.25, 0.3) is 11.3 Å². The Morgan fingerprint density at radius 1 is 1.41 bits per heavy atom. The fourth-order valence-electron chi connectivity index (χ4n) is 2.10. The van der Waals surface area contributed by atoms with E-state index < -0.39 is 6.04 Å². The number of nitrogens with two attached hydrogens (primary N) is 1. The number of carbonyl (C=O) groups excluding carboxylic acids is 1. The normalized spacial score (nSPS) is 11.9. The van der Waals surface area contributed by atoms with Crippen molar-refractivity contribution in [1.29, 1.82) is 0 Å². The smallest absolute Gasteiger partial charge is 0.241 e. The summed E-state index contributed by atoms with van der Waals surface area (Å²) >= 11 is 1.61. The molecular weight excluding hydrogens is 318 g/mol. The zero-order valence-corrected chi connectivity index (χ0v) is 14.6. The number of anilines is 1. The second kappa shape index (κ2) is 8.27. The van der Waals surface area contributed by atoms with Crippen LogP contribution < -0.4 is 11.1 Å². The standard InChI is InChI=1S/C16H21N3OS.ClH/c1-10(2)7-14(17)16(20)19-13-6-4-5-12(8-13)15-9-21-11(3)18-15;/h4-6,8-10,14H,7,17H2,1-3H3,(H,19,20);1H/t14-;/m0./s1. The van der Waals surface area contributed by atoms with Gasteiger partial charge in [-0.05, 0) is 31.4 Å². The maximum Gasteiger partial charge on any atom is 0.241 e. The molecule has 2 rings (SSSR count). The number of hydrogen-bond acceptors (Lipinski definition) is 4. The maximum absolute atomic E-state index is 12.1. The molecule has 1 amide bonds. The average Bonchev–Trinajstić information content (AvgIpc) is 2.85. The number of benzene rings is 1. The molecule has 1 atom stereocenters. The molecular formula is C16H22ClN3OS. The van der Waals surface area contributed by atoms with Gasteiger partial charge in [0.15, 0.2) is 0 Å². The number of halogens is 1. The molecule has 0 fully saturated rings. The van der Waals surface area contributed by atoms with Gasteiger partial charge in [-0.3, -0.25) is 4.79 Å². The van der Waals surface area contributed by atoms with E-state index in [1.54, 1.807) is 11.3 Å². The van der Waals surface area contributed by atoms with Gasteiger partial charge in [0.25, 0.3) is 0 Å². The fourth-order valence-corrected chi connectivity index (χ4v) is 2.72.